The van der Waals surface area contributed by atoms with Crippen molar-refractivity contribution in [3.63, 3.8) is 0 Å². The average molecular weight is 238 g/mol. The van der Waals surface area contributed by atoms with E-state index >= 15 is 0 Å². The van der Waals surface area contributed by atoms with Crippen LogP contribution in [0.25, 0.3) is 0 Å². The molecule has 0 aliphatic rings. The Bertz CT molecular complexity index is 94.3. The van der Waals surface area contributed by atoms with E-state index in [1.54, 1.807) is 0 Å². The van der Waals surface area contributed by atoms with Gasteiger partial charge in [-0.1, -0.05) is 27.7 Å². The molecule has 3 heteroatoms. The van der Waals surface area contributed by atoms with Gasteiger partial charge >= 0.3 is 0 Å². The van der Waals surface area contributed by atoms with E-state index in [0.717, 1.165) is 10.5 Å². The monoisotopic (exact) mass is 238 g/mol. The molecule has 0 spiro atoms. The van der Waals surface area contributed by atoms with Gasteiger partial charge in [-0.05, 0) is 11.5 Å². The predicted molar refractivity (Wildman–Crippen MR) is 72.5 cm³/mol. The predicted octanol–water partition coefficient (Wildman–Crippen LogP) is 4.00. The zero-order valence-corrected chi connectivity index (χ0v) is 11.7. The van der Waals surface area contributed by atoms with E-state index in [-0.39, 0.29) is 0 Å². The molecule has 0 saturated heterocycles. The van der Waals surface area contributed by atoms with Gasteiger partial charge in [-0.25, -0.2) is 0 Å². The van der Waals surface area contributed by atoms with Crippen molar-refractivity contribution in [3.8, 4) is 0 Å². The molecule has 0 aliphatic carbocycles. The van der Waals surface area contributed by atoms with Crippen molar-refractivity contribution in [2.24, 2.45) is 0 Å². The van der Waals surface area contributed by atoms with Gasteiger partial charge in [0.15, 0.2) is 0 Å². The Labute approximate surface area is 96.4 Å². The first-order valence-electron chi connectivity index (χ1n) is 5.01. The Morgan fingerprint density at radius 3 is 1.54 bits per heavy atom. The van der Waals surface area contributed by atoms with Crippen molar-refractivity contribution in [1.29, 1.82) is 0 Å². The molecule has 0 aromatic carbocycles. The quantitative estimate of drug-likeness (QED) is 0.627. The summed E-state index contributed by atoms with van der Waals surface area (Å²) in [5.74, 6) is 5.13. The number of hydrogen-bond donors (Lipinski definition) is 0. The summed E-state index contributed by atoms with van der Waals surface area (Å²) < 4.78 is 0. The summed E-state index contributed by atoms with van der Waals surface area (Å²) in [6.07, 6.45) is 0. The van der Waals surface area contributed by atoms with Crippen LogP contribution in [0.4, 0.5) is 0 Å². The summed E-state index contributed by atoms with van der Waals surface area (Å²) in [5, 5.41) is 1.66. The largest absolute Gasteiger partial charge is 0.160 e. The van der Waals surface area contributed by atoms with Gasteiger partial charge in [0, 0.05) is 22.0 Å². The Morgan fingerprint density at radius 1 is 0.846 bits per heavy atom. The SMILES string of the molecule is CCS[C@H](C)CSC[C@@H](C)SCC. The molecular formula is C10H22S3. The third kappa shape index (κ3) is 9.36. The van der Waals surface area contributed by atoms with Crippen LogP contribution in [-0.2, 0) is 0 Å². The first-order valence-corrected chi connectivity index (χ1v) is 8.26. The molecule has 0 heterocycles. The van der Waals surface area contributed by atoms with E-state index in [4.69, 9.17) is 0 Å². The van der Waals surface area contributed by atoms with Crippen molar-refractivity contribution in [2.75, 3.05) is 23.0 Å². The normalized spacial score (nSPS) is 15.7. The topological polar surface area (TPSA) is 0 Å². The highest BCUT2D eigenvalue weighted by atomic mass is 32.2. The van der Waals surface area contributed by atoms with Crippen molar-refractivity contribution >= 4 is 35.3 Å². The molecule has 0 aliphatic heterocycles. The van der Waals surface area contributed by atoms with E-state index in [2.05, 4.69) is 63.0 Å². The fourth-order valence-corrected chi connectivity index (χ4v) is 4.35. The maximum absolute atomic E-state index is 2.33. The minimum atomic E-state index is 0.828. The average Bonchev–Trinajstić information content (AvgIpc) is 2.05. The molecule has 13 heavy (non-hydrogen) atoms. The summed E-state index contributed by atoms with van der Waals surface area (Å²) in [4.78, 5) is 0. The second kappa shape index (κ2) is 9.60. The fraction of sp³-hybridized carbons (Fsp3) is 1.00. The molecule has 0 saturated carbocycles. The van der Waals surface area contributed by atoms with Crippen LogP contribution in [0.1, 0.15) is 27.7 Å². The summed E-state index contributed by atoms with van der Waals surface area (Å²) in [6.45, 7) is 9.14. The first kappa shape index (κ1) is 14.1. The first-order chi connectivity index (χ1) is 6.20. The molecule has 0 fully saturated rings. The van der Waals surface area contributed by atoms with Gasteiger partial charge in [0.2, 0.25) is 0 Å². The van der Waals surface area contributed by atoms with Gasteiger partial charge in [-0.15, -0.1) is 0 Å². The van der Waals surface area contributed by atoms with Crippen LogP contribution in [0.5, 0.6) is 0 Å². The second-order valence-electron chi connectivity index (χ2n) is 3.07. The molecule has 0 unspecified atom stereocenters. The van der Waals surface area contributed by atoms with E-state index in [1.807, 2.05) is 0 Å². The Morgan fingerprint density at radius 2 is 1.23 bits per heavy atom. The molecule has 0 amide bonds. The van der Waals surface area contributed by atoms with E-state index < -0.39 is 0 Å². The molecule has 0 radical (unpaired) electrons. The van der Waals surface area contributed by atoms with Crippen LogP contribution in [0.3, 0.4) is 0 Å². The van der Waals surface area contributed by atoms with Gasteiger partial charge in [-0.2, -0.15) is 35.3 Å². The zero-order valence-electron chi connectivity index (χ0n) is 9.21. The second-order valence-corrected chi connectivity index (χ2v) is 7.58. The fourth-order valence-electron chi connectivity index (χ4n) is 1.07. The molecule has 0 aromatic rings. The molecule has 0 rings (SSSR count). The van der Waals surface area contributed by atoms with E-state index in [0.29, 0.717) is 0 Å². The van der Waals surface area contributed by atoms with Gasteiger partial charge < -0.3 is 0 Å². The lowest BCUT2D eigenvalue weighted by Crippen LogP contribution is -2.06. The third-order valence-corrected chi connectivity index (χ3v) is 5.64. The van der Waals surface area contributed by atoms with Gasteiger partial charge in [0.25, 0.3) is 0 Å². The van der Waals surface area contributed by atoms with Crippen molar-refractivity contribution in [3.05, 3.63) is 0 Å². The number of thioether (sulfide) groups is 3. The maximum atomic E-state index is 2.33. The number of hydrogen-bond acceptors (Lipinski definition) is 3. The highest BCUT2D eigenvalue weighted by molar-refractivity contribution is 8.04. The highest BCUT2D eigenvalue weighted by Gasteiger charge is 2.04. The Hall–Kier alpha value is 1.05. The minimum Gasteiger partial charge on any atom is -0.160 e. The van der Waals surface area contributed by atoms with Crippen molar-refractivity contribution in [1.82, 2.24) is 0 Å². The lowest BCUT2D eigenvalue weighted by atomic mass is 10.5. The maximum Gasteiger partial charge on any atom is 0.0109 e. The van der Waals surface area contributed by atoms with Gasteiger partial charge in [-0.3, -0.25) is 0 Å². The highest BCUT2D eigenvalue weighted by Crippen LogP contribution is 2.20. The van der Waals surface area contributed by atoms with Crippen LogP contribution < -0.4 is 0 Å². The summed E-state index contributed by atoms with van der Waals surface area (Å²) in [6, 6.07) is 0. The minimum absolute atomic E-state index is 0.828. The Kier molecular flexibility index (Phi) is 10.4. The molecule has 0 N–H and O–H groups in total. The van der Waals surface area contributed by atoms with Crippen molar-refractivity contribution < 1.29 is 0 Å². The van der Waals surface area contributed by atoms with Crippen LogP contribution in [-0.4, -0.2) is 33.5 Å². The van der Waals surface area contributed by atoms with Crippen LogP contribution >= 0.6 is 35.3 Å². The molecule has 0 bridgehead atoms. The molecular weight excluding hydrogens is 216 g/mol. The van der Waals surface area contributed by atoms with Gasteiger partial charge in [0.1, 0.15) is 0 Å². The summed E-state index contributed by atoms with van der Waals surface area (Å²) >= 11 is 6.24. The van der Waals surface area contributed by atoms with Gasteiger partial charge in [0.05, 0.1) is 0 Å². The van der Waals surface area contributed by atoms with Crippen LogP contribution in [0, 0.1) is 0 Å². The lowest BCUT2D eigenvalue weighted by Gasteiger charge is -2.12. The molecule has 80 valence electrons. The van der Waals surface area contributed by atoms with E-state index in [1.165, 1.54) is 23.0 Å². The molecule has 0 nitrogen and oxygen atoms in total. The van der Waals surface area contributed by atoms with Crippen molar-refractivity contribution in [2.45, 2.75) is 38.2 Å². The van der Waals surface area contributed by atoms with Crippen LogP contribution in [0.15, 0.2) is 0 Å². The zero-order chi connectivity index (χ0) is 10.1. The Balaban J connectivity index is 3.23. The summed E-state index contributed by atoms with van der Waals surface area (Å²) in [7, 11) is 0. The summed E-state index contributed by atoms with van der Waals surface area (Å²) in [5.41, 5.74) is 0. The standard InChI is InChI=1S/C10H22S3/c1-5-12-9(3)7-11-8-10(4)13-6-2/h9-10H,5-8H2,1-4H3/t9-,10-/m1/s1. The van der Waals surface area contributed by atoms with Crippen LogP contribution in [0.2, 0.25) is 0 Å². The number of rotatable bonds is 8. The smallest absolute Gasteiger partial charge is 0.0109 e. The third-order valence-electron chi connectivity index (χ3n) is 1.61. The molecule has 2 atom stereocenters. The lowest BCUT2D eigenvalue weighted by molar-refractivity contribution is 1.10. The van der Waals surface area contributed by atoms with E-state index in [9.17, 15) is 0 Å². The molecule has 0 aromatic heterocycles.